The molecule has 0 radical (unpaired) electrons. The molecule has 0 unspecified atom stereocenters. The van der Waals surface area contributed by atoms with E-state index in [0.717, 1.165) is 21.3 Å². The molecule has 4 aromatic heterocycles. The topological polar surface area (TPSA) is 62.1 Å². The molecular formula is C17H14ClN3O2S2. The molecule has 8 heteroatoms. The van der Waals surface area contributed by atoms with Gasteiger partial charge in [0.2, 0.25) is 0 Å². The normalized spacial score (nSPS) is 11.6. The summed E-state index contributed by atoms with van der Waals surface area (Å²) in [5.74, 6) is 1.33. The molecule has 0 saturated heterocycles. The number of H-pyrrole nitrogens is 1. The van der Waals surface area contributed by atoms with E-state index in [1.54, 1.807) is 23.7 Å². The number of hydrogen-bond donors (Lipinski definition) is 1. The lowest BCUT2D eigenvalue weighted by Crippen LogP contribution is -2.21. The van der Waals surface area contributed by atoms with Crippen LogP contribution >= 0.6 is 34.3 Å². The second-order valence-corrected chi connectivity index (χ2v) is 8.36. The SMILES string of the molecule is CN(Cc1nc2scc(-c3ccco3)c2c(=O)[nH]1)Cc1ccc(Cl)s1. The molecule has 4 rings (SSSR count). The minimum atomic E-state index is -0.139. The first-order valence-electron chi connectivity index (χ1n) is 7.57. The Morgan fingerprint density at radius 3 is 2.92 bits per heavy atom. The number of fused-ring (bicyclic) bond motifs is 1. The Bertz CT molecular complexity index is 1070. The summed E-state index contributed by atoms with van der Waals surface area (Å²) < 4.78 is 6.19. The first kappa shape index (κ1) is 16.5. The van der Waals surface area contributed by atoms with Crippen LogP contribution in [0.4, 0.5) is 0 Å². The van der Waals surface area contributed by atoms with Gasteiger partial charge >= 0.3 is 0 Å². The van der Waals surface area contributed by atoms with E-state index in [2.05, 4.69) is 14.9 Å². The van der Waals surface area contributed by atoms with Gasteiger partial charge in [0, 0.05) is 22.4 Å². The third-order valence-corrected chi connectivity index (χ3v) is 5.84. The maximum atomic E-state index is 12.6. The molecule has 0 bridgehead atoms. The second-order valence-electron chi connectivity index (χ2n) is 5.70. The molecular weight excluding hydrogens is 378 g/mol. The van der Waals surface area contributed by atoms with Crippen LogP contribution in [0.25, 0.3) is 21.5 Å². The number of halogens is 1. The molecule has 0 saturated carbocycles. The maximum Gasteiger partial charge on any atom is 0.260 e. The quantitative estimate of drug-likeness (QED) is 0.540. The van der Waals surface area contributed by atoms with Crippen molar-refractivity contribution in [3.8, 4) is 11.3 Å². The average Bonchev–Trinajstić information content (AvgIpc) is 3.27. The van der Waals surface area contributed by atoms with Crippen molar-refractivity contribution < 1.29 is 4.42 Å². The van der Waals surface area contributed by atoms with E-state index in [-0.39, 0.29) is 5.56 Å². The van der Waals surface area contributed by atoms with Gasteiger partial charge in [-0.05, 0) is 31.3 Å². The predicted molar refractivity (Wildman–Crippen MR) is 102 cm³/mol. The molecule has 4 aromatic rings. The van der Waals surface area contributed by atoms with Crippen LogP contribution in [0.1, 0.15) is 10.7 Å². The van der Waals surface area contributed by atoms with E-state index in [4.69, 9.17) is 16.0 Å². The van der Waals surface area contributed by atoms with E-state index in [9.17, 15) is 4.79 Å². The summed E-state index contributed by atoms with van der Waals surface area (Å²) in [5.41, 5.74) is 0.645. The zero-order valence-electron chi connectivity index (χ0n) is 13.3. The van der Waals surface area contributed by atoms with E-state index in [0.29, 0.717) is 23.5 Å². The summed E-state index contributed by atoms with van der Waals surface area (Å²) in [6.07, 6.45) is 1.60. The van der Waals surface area contributed by atoms with Crippen LogP contribution in [0.3, 0.4) is 0 Å². The molecule has 0 aliphatic heterocycles. The fraction of sp³-hybridized carbons (Fsp3) is 0.176. The number of rotatable bonds is 5. The minimum Gasteiger partial charge on any atom is -0.464 e. The molecule has 128 valence electrons. The average molecular weight is 392 g/mol. The highest BCUT2D eigenvalue weighted by Gasteiger charge is 2.15. The Morgan fingerprint density at radius 2 is 2.20 bits per heavy atom. The second kappa shape index (κ2) is 6.76. The molecule has 25 heavy (non-hydrogen) atoms. The largest absolute Gasteiger partial charge is 0.464 e. The standard InChI is InChI=1S/C17H14ClN3O2S2/c1-21(7-10-4-5-13(18)25-10)8-14-19-16(22)15-11(9-24-17(15)20-14)12-3-2-6-23-12/h2-6,9H,7-8H2,1H3,(H,19,20,22). The predicted octanol–water partition coefficient (Wildman–Crippen LogP) is 4.59. The maximum absolute atomic E-state index is 12.6. The van der Waals surface area contributed by atoms with Crippen molar-refractivity contribution in [2.75, 3.05) is 7.05 Å². The van der Waals surface area contributed by atoms with Crippen molar-refractivity contribution in [1.29, 1.82) is 0 Å². The third-order valence-electron chi connectivity index (χ3n) is 3.75. The van der Waals surface area contributed by atoms with Gasteiger partial charge in [0.15, 0.2) is 0 Å². The lowest BCUT2D eigenvalue weighted by molar-refractivity contribution is 0.313. The van der Waals surface area contributed by atoms with Crippen LogP contribution in [-0.4, -0.2) is 21.9 Å². The van der Waals surface area contributed by atoms with Crippen LogP contribution in [0.5, 0.6) is 0 Å². The third kappa shape index (κ3) is 3.41. The number of nitrogens with one attached hydrogen (secondary N) is 1. The first-order valence-corrected chi connectivity index (χ1v) is 9.64. The number of aromatic nitrogens is 2. The zero-order chi connectivity index (χ0) is 17.4. The lowest BCUT2D eigenvalue weighted by atomic mass is 10.2. The molecule has 0 aliphatic carbocycles. The molecule has 4 heterocycles. The number of thiophene rings is 2. The molecule has 0 atom stereocenters. The highest BCUT2D eigenvalue weighted by Crippen LogP contribution is 2.31. The van der Waals surface area contributed by atoms with E-state index in [1.807, 2.05) is 30.6 Å². The van der Waals surface area contributed by atoms with Crippen molar-refractivity contribution in [2.45, 2.75) is 13.1 Å². The monoisotopic (exact) mass is 391 g/mol. The van der Waals surface area contributed by atoms with E-state index in [1.165, 1.54) is 16.2 Å². The van der Waals surface area contributed by atoms with Crippen LogP contribution in [0.2, 0.25) is 4.34 Å². The number of nitrogens with zero attached hydrogens (tertiary/aromatic N) is 2. The Morgan fingerprint density at radius 1 is 1.32 bits per heavy atom. The molecule has 1 N–H and O–H groups in total. The number of furan rings is 1. The van der Waals surface area contributed by atoms with E-state index >= 15 is 0 Å². The van der Waals surface area contributed by atoms with Gasteiger partial charge in [0.1, 0.15) is 16.4 Å². The lowest BCUT2D eigenvalue weighted by Gasteiger charge is -2.14. The summed E-state index contributed by atoms with van der Waals surface area (Å²) in [7, 11) is 1.99. The number of aromatic amines is 1. The van der Waals surface area contributed by atoms with Crippen molar-refractivity contribution in [3.05, 3.63) is 61.3 Å². The van der Waals surface area contributed by atoms with Crippen molar-refractivity contribution in [2.24, 2.45) is 0 Å². The van der Waals surface area contributed by atoms with Gasteiger partial charge in [-0.15, -0.1) is 22.7 Å². The van der Waals surface area contributed by atoms with Crippen molar-refractivity contribution in [1.82, 2.24) is 14.9 Å². The van der Waals surface area contributed by atoms with Gasteiger partial charge in [-0.3, -0.25) is 9.69 Å². The summed E-state index contributed by atoms with van der Waals surface area (Å²) >= 11 is 8.98. The Labute approximate surface area is 156 Å². The number of hydrogen-bond acceptors (Lipinski definition) is 6. The highest BCUT2D eigenvalue weighted by atomic mass is 35.5. The van der Waals surface area contributed by atoms with Gasteiger partial charge in [-0.2, -0.15) is 0 Å². The summed E-state index contributed by atoms with van der Waals surface area (Å²) in [4.78, 5) is 24.0. The van der Waals surface area contributed by atoms with Crippen LogP contribution < -0.4 is 5.56 Å². The molecule has 0 aliphatic rings. The first-order chi connectivity index (χ1) is 12.1. The summed E-state index contributed by atoms with van der Waals surface area (Å²) in [6.45, 7) is 1.30. The Hall–Kier alpha value is -1.93. The smallest absolute Gasteiger partial charge is 0.260 e. The molecule has 0 spiro atoms. The summed E-state index contributed by atoms with van der Waals surface area (Å²) in [6, 6.07) is 7.55. The Balaban J connectivity index is 1.60. The van der Waals surface area contributed by atoms with Crippen LogP contribution in [-0.2, 0) is 13.1 Å². The zero-order valence-corrected chi connectivity index (χ0v) is 15.7. The van der Waals surface area contributed by atoms with Gasteiger partial charge in [0.05, 0.1) is 22.5 Å². The summed E-state index contributed by atoms with van der Waals surface area (Å²) in [5, 5.41) is 2.49. The fourth-order valence-electron chi connectivity index (χ4n) is 2.70. The van der Waals surface area contributed by atoms with Crippen molar-refractivity contribution in [3.63, 3.8) is 0 Å². The van der Waals surface area contributed by atoms with Crippen LogP contribution in [0.15, 0.2) is 45.1 Å². The van der Waals surface area contributed by atoms with Crippen LogP contribution in [0, 0.1) is 0 Å². The van der Waals surface area contributed by atoms with Gasteiger partial charge < -0.3 is 9.40 Å². The van der Waals surface area contributed by atoms with Gasteiger partial charge in [0.25, 0.3) is 5.56 Å². The molecule has 0 aromatic carbocycles. The van der Waals surface area contributed by atoms with Crippen molar-refractivity contribution >= 4 is 44.5 Å². The molecule has 0 amide bonds. The fourth-order valence-corrected chi connectivity index (χ4v) is 4.81. The van der Waals surface area contributed by atoms with E-state index < -0.39 is 0 Å². The molecule has 0 fully saturated rings. The van der Waals surface area contributed by atoms with Gasteiger partial charge in [-0.25, -0.2) is 4.98 Å². The highest BCUT2D eigenvalue weighted by molar-refractivity contribution is 7.17. The van der Waals surface area contributed by atoms with Gasteiger partial charge in [-0.1, -0.05) is 11.6 Å². The molecule has 5 nitrogen and oxygen atoms in total. The minimum absolute atomic E-state index is 0.139. The Kier molecular flexibility index (Phi) is 4.47.